The van der Waals surface area contributed by atoms with E-state index in [-0.39, 0.29) is 0 Å². The minimum Gasteiger partial charge on any atom is -0.355 e. The van der Waals surface area contributed by atoms with Crippen molar-refractivity contribution in [2.75, 3.05) is 5.32 Å². The van der Waals surface area contributed by atoms with E-state index < -0.39 is 0 Å². The van der Waals surface area contributed by atoms with Crippen molar-refractivity contribution in [3.63, 3.8) is 0 Å². The number of anilines is 1. The van der Waals surface area contributed by atoms with Crippen molar-refractivity contribution in [2.45, 2.75) is 40.0 Å². The summed E-state index contributed by atoms with van der Waals surface area (Å²) in [5.41, 5.74) is 7.67. The smallest absolute Gasteiger partial charge is 0.0745 e. The Balaban J connectivity index is 0.000000588. The van der Waals surface area contributed by atoms with Crippen molar-refractivity contribution in [3.05, 3.63) is 114 Å². The zero-order chi connectivity index (χ0) is 24.3. The van der Waals surface area contributed by atoms with Crippen LogP contribution >= 0.6 is 11.6 Å². The van der Waals surface area contributed by atoms with Gasteiger partial charge >= 0.3 is 0 Å². The number of hydrogen-bond donors (Lipinski definition) is 1. The van der Waals surface area contributed by atoms with Gasteiger partial charge in [0.1, 0.15) is 0 Å². The summed E-state index contributed by atoms with van der Waals surface area (Å²) in [7, 11) is 0. The van der Waals surface area contributed by atoms with E-state index in [9.17, 15) is 0 Å². The number of nitrogens with one attached hydrogen (secondary N) is 1. The van der Waals surface area contributed by atoms with E-state index in [4.69, 9.17) is 16.6 Å². The van der Waals surface area contributed by atoms with Crippen LogP contribution in [0.1, 0.15) is 44.2 Å². The minimum absolute atomic E-state index is 0.675. The normalized spacial score (nSPS) is 10.2. The Morgan fingerprint density at radius 2 is 1.44 bits per heavy atom. The SMILES string of the molecule is C=C(Nc1cc(-c2ccccc2)nc(-c2ccccc2Cl)c1)c1ccccc1C.CCCCC. The van der Waals surface area contributed by atoms with Crippen molar-refractivity contribution >= 4 is 23.0 Å². The number of pyridine rings is 1. The van der Waals surface area contributed by atoms with E-state index in [1.165, 1.54) is 24.8 Å². The first-order chi connectivity index (χ1) is 16.5. The lowest BCUT2D eigenvalue weighted by Crippen LogP contribution is -2.01. The van der Waals surface area contributed by atoms with E-state index >= 15 is 0 Å². The zero-order valence-electron chi connectivity index (χ0n) is 20.3. The van der Waals surface area contributed by atoms with Gasteiger partial charge in [-0.3, -0.25) is 0 Å². The molecule has 3 aromatic carbocycles. The topological polar surface area (TPSA) is 24.9 Å². The van der Waals surface area contributed by atoms with Crippen molar-refractivity contribution in [2.24, 2.45) is 0 Å². The van der Waals surface area contributed by atoms with Gasteiger partial charge in [0.05, 0.1) is 11.4 Å². The molecule has 0 aliphatic rings. The van der Waals surface area contributed by atoms with Crippen LogP contribution in [0.5, 0.6) is 0 Å². The molecule has 4 aromatic rings. The van der Waals surface area contributed by atoms with E-state index in [1.807, 2.05) is 66.7 Å². The average Bonchev–Trinajstić information content (AvgIpc) is 2.86. The summed E-state index contributed by atoms with van der Waals surface area (Å²) >= 11 is 6.45. The Labute approximate surface area is 209 Å². The molecule has 1 heterocycles. The quantitative estimate of drug-likeness (QED) is 0.292. The molecule has 3 heteroatoms. The predicted octanol–water partition coefficient (Wildman–Crippen LogP) is 9.66. The number of nitrogens with zero attached hydrogens (tertiary/aromatic N) is 1. The highest BCUT2D eigenvalue weighted by atomic mass is 35.5. The summed E-state index contributed by atoms with van der Waals surface area (Å²) in [6.45, 7) is 10.8. The molecule has 0 bridgehead atoms. The van der Waals surface area contributed by atoms with Crippen LogP contribution in [0.4, 0.5) is 5.69 Å². The number of benzene rings is 3. The monoisotopic (exact) mass is 468 g/mol. The van der Waals surface area contributed by atoms with Gasteiger partial charge in [0.25, 0.3) is 0 Å². The summed E-state index contributed by atoms with van der Waals surface area (Å²) in [6.07, 6.45) is 4.08. The minimum atomic E-state index is 0.675. The van der Waals surface area contributed by atoms with Crippen LogP contribution in [-0.4, -0.2) is 4.98 Å². The third-order valence-electron chi connectivity index (χ3n) is 5.52. The third kappa shape index (κ3) is 6.82. The molecule has 0 amide bonds. The lowest BCUT2D eigenvalue weighted by Gasteiger charge is -2.15. The van der Waals surface area contributed by atoms with Crippen LogP contribution in [0.25, 0.3) is 28.2 Å². The van der Waals surface area contributed by atoms with E-state index in [1.54, 1.807) is 0 Å². The number of aromatic nitrogens is 1. The van der Waals surface area contributed by atoms with Crippen LogP contribution in [0, 0.1) is 6.92 Å². The van der Waals surface area contributed by atoms with E-state index in [0.717, 1.165) is 39.5 Å². The van der Waals surface area contributed by atoms with Crippen LogP contribution in [-0.2, 0) is 0 Å². The molecule has 0 spiro atoms. The summed E-state index contributed by atoms with van der Waals surface area (Å²) in [4.78, 5) is 4.88. The molecular formula is C31H33ClN2. The van der Waals surface area contributed by atoms with Gasteiger partial charge in [-0.05, 0) is 30.7 Å². The number of unbranched alkanes of at least 4 members (excludes halogenated alkanes) is 2. The standard InChI is InChI=1S/C26H21ClN2.C5H12/c1-18-10-6-7-13-22(18)19(2)28-21-16-25(20-11-4-3-5-12-20)29-26(17-21)23-14-8-9-15-24(23)27;1-3-5-4-2/h3-17H,2H2,1H3,(H,28,29);3-5H2,1-2H3. The fourth-order valence-corrected chi connectivity index (χ4v) is 3.91. The number of halogens is 1. The predicted molar refractivity (Wildman–Crippen MR) is 149 cm³/mol. The van der Waals surface area contributed by atoms with Gasteiger partial charge in [0, 0.05) is 33.1 Å². The zero-order valence-corrected chi connectivity index (χ0v) is 21.1. The van der Waals surface area contributed by atoms with Gasteiger partial charge in [-0.2, -0.15) is 0 Å². The largest absolute Gasteiger partial charge is 0.355 e. The molecule has 0 fully saturated rings. The van der Waals surface area contributed by atoms with Crippen molar-refractivity contribution in [1.29, 1.82) is 0 Å². The first-order valence-electron chi connectivity index (χ1n) is 11.9. The first-order valence-corrected chi connectivity index (χ1v) is 12.3. The number of hydrogen-bond acceptors (Lipinski definition) is 2. The van der Waals surface area contributed by atoms with Gasteiger partial charge < -0.3 is 5.32 Å². The molecule has 0 aliphatic heterocycles. The molecule has 0 atom stereocenters. The number of aryl methyl sites for hydroxylation is 1. The van der Waals surface area contributed by atoms with Gasteiger partial charge in [-0.25, -0.2) is 4.98 Å². The lowest BCUT2D eigenvalue weighted by atomic mass is 10.0. The number of rotatable bonds is 7. The maximum Gasteiger partial charge on any atom is 0.0745 e. The lowest BCUT2D eigenvalue weighted by molar-refractivity contribution is 0.772. The summed E-state index contributed by atoms with van der Waals surface area (Å²) in [5.74, 6) is 0. The van der Waals surface area contributed by atoms with Crippen LogP contribution in [0.15, 0.2) is 97.6 Å². The van der Waals surface area contributed by atoms with Crippen LogP contribution in [0.3, 0.4) is 0 Å². The Morgan fingerprint density at radius 3 is 2.09 bits per heavy atom. The molecule has 1 N–H and O–H groups in total. The summed E-state index contributed by atoms with van der Waals surface area (Å²) < 4.78 is 0. The fourth-order valence-electron chi connectivity index (χ4n) is 3.67. The highest BCUT2D eigenvalue weighted by molar-refractivity contribution is 6.33. The van der Waals surface area contributed by atoms with Gasteiger partial charge in [0.15, 0.2) is 0 Å². The molecule has 34 heavy (non-hydrogen) atoms. The summed E-state index contributed by atoms with van der Waals surface area (Å²) in [6, 6.07) is 30.1. The molecule has 0 unspecified atom stereocenters. The first kappa shape index (κ1) is 25.3. The molecule has 2 nitrogen and oxygen atoms in total. The fraction of sp³-hybridized carbons (Fsp3) is 0.194. The second-order valence-electron chi connectivity index (χ2n) is 8.24. The van der Waals surface area contributed by atoms with E-state index in [0.29, 0.717) is 5.02 Å². The van der Waals surface area contributed by atoms with Gasteiger partial charge in [0.2, 0.25) is 0 Å². The second-order valence-corrected chi connectivity index (χ2v) is 8.65. The Hall–Kier alpha value is -3.36. The molecule has 0 aliphatic carbocycles. The summed E-state index contributed by atoms with van der Waals surface area (Å²) in [5, 5.41) is 4.14. The van der Waals surface area contributed by atoms with Gasteiger partial charge in [-0.15, -0.1) is 0 Å². The highest BCUT2D eigenvalue weighted by Gasteiger charge is 2.11. The Morgan fingerprint density at radius 1 is 0.824 bits per heavy atom. The average molecular weight is 469 g/mol. The highest BCUT2D eigenvalue weighted by Crippen LogP contribution is 2.32. The van der Waals surface area contributed by atoms with Crippen molar-refractivity contribution in [1.82, 2.24) is 4.98 Å². The molecule has 1 aromatic heterocycles. The van der Waals surface area contributed by atoms with E-state index in [2.05, 4.69) is 56.9 Å². The molecule has 0 radical (unpaired) electrons. The molecule has 4 rings (SSSR count). The van der Waals surface area contributed by atoms with Crippen LogP contribution < -0.4 is 5.32 Å². The van der Waals surface area contributed by atoms with Crippen LogP contribution in [0.2, 0.25) is 5.02 Å². The van der Waals surface area contributed by atoms with Crippen molar-refractivity contribution in [3.8, 4) is 22.5 Å². The molecule has 174 valence electrons. The molecule has 0 saturated carbocycles. The molecule has 0 saturated heterocycles. The maximum atomic E-state index is 6.45. The second kappa shape index (κ2) is 12.8. The van der Waals surface area contributed by atoms with Crippen molar-refractivity contribution < 1.29 is 0 Å². The third-order valence-corrected chi connectivity index (χ3v) is 5.85. The molecular weight excluding hydrogens is 436 g/mol. The van der Waals surface area contributed by atoms with Gasteiger partial charge in [-0.1, -0.05) is 124 Å². The Kier molecular flexibility index (Phi) is 9.49. The Bertz CT molecular complexity index is 1210. The maximum absolute atomic E-state index is 6.45.